The van der Waals surface area contributed by atoms with E-state index >= 15 is 0 Å². The van der Waals surface area contributed by atoms with Gasteiger partial charge in [0, 0.05) is 5.69 Å². The van der Waals surface area contributed by atoms with Gasteiger partial charge >= 0.3 is 5.97 Å². The maximum Gasteiger partial charge on any atom is 0.323 e. The Kier molecular flexibility index (Phi) is 5.26. The summed E-state index contributed by atoms with van der Waals surface area (Å²) < 4.78 is 23.5. The van der Waals surface area contributed by atoms with Crippen LogP contribution in [-0.4, -0.2) is 42.9 Å². The Balaban J connectivity index is 3.01. The number of rotatable bonds is 6. The Morgan fingerprint density at radius 2 is 1.75 bits per heavy atom. The summed E-state index contributed by atoms with van der Waals surface area (Å²) in [5.74, 6) is -2.65. The van der Waals surface area contributed by atoms with Crippen LogP contribution in [0.25, 0.3) is 0 Å². The van der Waals surface area contributed by atoms with Gasteiger partial charge in [-0.3, -0.25) is 9.59 Å². The standard InChI is InChI=1S/C13H17NO5S/c1-10(2)20(18,19)9-12(15)14(8-13(16)17)11-6-4-3-5-7-11/h3-7,10H,8-9H2,1-2H3,(H,16,17). The van der Waals surface area contributed by atoms with Crippen molar-refractivity contribution in [3.05, 3.63) is 30.3 Å². The SMILES string of the molecule is CC(C)S(=O)(=O)CC(=O)N(CC(=O)O)c1ccccc1. The molecule has 0 aromatic heterocycles. The smallest absolute Gasteiger partial charge is 0.323 e. The number of para-hydroxylation sites is 1. The van der Waals surface area contributed by atoms with Crippen LogP contribution in [0, 0.1) is 0 Å². The predicted molar refractivity (Wildman–Crippen MR) is 75.4 cm³/mol. The number of amides is 1. The Labute approximate surface area is 117 Å². The monoisotopic (exact) mass is 299 g/mol. The van der Waals surface area contributed by atoms with Gasteiger partial charge in [0.15, 0.2) is 9.84 Å². The third-order valence-corrected chi connectivity index (χ3v) is 4.79. The zero-order valence-electron chi connectivity index (χ0n) is 11.3. The lowest BCUT2D eigenvalue weighted by Gasteiger charge is -2.21. The van der Waals surface area contributed by atoms with Gasteiger partial charge in [0.1, 0.15) is 12.3 Å². The van der Waals surface area contributed by atoms with Gasteiger partial charge in [-0.2, -0.15) is 0 Å². The number of hydrogen-bond acceptors (Lipinski definition) is 4. The number of sulfone groups is 1. The summed E-state index contributed by atoms with van der Waals surface area (Å²) in [5, 5.41) is 8.17. The summed E-state index contributed by atoms with van der Waals surface area (Å²) in [6.45, 7) is 2.38. The molecule has 0 saturated carbocycles. The van der Waals surface area contributed by atoms with E-state index in [1.54, 1.807) is 30.3 Å². The topological polar surface area (TPSA) is 91.8 Å². The lowest BCUT2D eigenvalue weighted by Crippen LogP contribution is -2.40. The van der Waals surface area contributed by atoms with E-state index in [1.165, 1.54) is 13.8 Å². The highest BCUT2D eigenvalue weighted by molar-refractivity contribution is 7.92. The van der Waals surface area contributed by atoms with Gasteiger partial charge in [-0.1, -0.05) is 18.2 Å². The van der Waals surface area contributed by atoms with Gasteiger partial charge in [-0.25, -0.2) is 8.42 Å². The van der Waals surface area contributed by atoms with Crippen molar-refractivity contribution in [3.63, 3.8) is 0 Å². The molecule has 0 fully saturated rings. The molecule has 0 atom stereocenters. The van der Waals surface area contributed by atoms with E-state index < -0.39 is 39.3 Å². The van der Waals surface area contributed by atoms with Crippen LogP contribution in [0.1, 0.15) is 13.8 Å². The number of benzene rings is 1. The van der Waals surface area contributed by atoms with E-state index in [-0.39, 0.29) is 0 Å². The second-order valence-corrected chi connectivity index (χ2v) is 7.12. The molecular formula is C13H17NO5S. The van der Waals surface area contributed by atoms with Crippen molar-refractivity contribution >= 4 is 27.4 Å². The first-order chi connectivity index (χ1) is 9.24. The summed E-state index contributed by atoms with van der Waals surface area (Å²) in [5.41, 5.74) is 0.360. The number of nitrogens with zero attached hydrogens (tertiary/aromatic N) is 1. The summed E-state index contributed by atoms with van der Waals surface area (Å²) in [7, 11) is -3.57. The van der Waals surface area contributed by atoms with E-state index in [9.17, 15) is 18.0 Å². The number of carboxylic acids is 1. The highest BCUT2D eigenvalue weighted by atomic mass is 32.2. The molecule has 1 aromatic carbocycles. The maximum absolute atomic E-state index is 12.1. The molecule has 0 aliphatic carbocycles. The van der Waals surface area contributed by atoms with Crippen LogP contribution in [0.2, 0.25) is 0 Å². The van der Waals surface area contributed by atoms with Crippen molar-refractivity contribution in [2.75, 3.05) is 17.2 Å². The van der Waals surface area contributed by atoms with E-state index in [0.29, 0.717) is 5.69 Å². The highest BCUT2D eigenvalue weighted by Gasteiger charge is 2.26. The average molecular weight is 299 g/mol. The molecule has 0 radical (unpaired) electrons. The Hall–Kier alpha value is -1.89. The van der Waals surface area contributed by atoms with Crippen LogP contribution in [-0.2, 0) is 19.4 Å². The van der Waals surface area contributed by atoms with Gasteiger partial charge in [0.2, 0.25) is 5.91 Å². The second kappa shape index (κ2) is 6.51. The highest BCUT2D eigenvalue weighted by Crippen LogP contribution is 2.14. The fourth-order valence-electron chi connectivity index (χ4n) is 1.48. The van der Waals surface area contributed by atoms with Crippen LogP contribution in [0.15, 0.2) is 30.3 Å². The van der Waals surface area contributed by atoms with E-state index in [4.69, 9.17) is 5.11 Å². The third kappa shape index (κ3) is 4.34. The molecule has 20 heavy (non-hydrogen) atoms. The lowest BCUT2D eigenvalue weighted by molar-refractivity contribution is -0.136. The van der Waals surface area contributed by atoms with Crippen molar-refractivity contribution < 1.29 is 23.1 Å². The molecule has 0 saturated heterocycles. The Bertz CT molecular complexity index is 580. The van der Waals surface area contributed by atoms with Crippen molar-refractivity contribution in [1.82, 2.24) is 0 Å². The number of hydrogen-bond donors (Lipinski definition) is 1. The number of aliphatic carboxylic acids is 1. The normalized spacial score (nSPS) is 11.3. The van der Waals surface area contributed by atoms with Crippen LogP contribution in [0.3, 0.4) is 0 Å². The van der Waals surface area contributed by atoms with Gasteiger partial charge in [-0.15, -0.1) is 0 Å². The molecule has 1 N–H and O–H groups in total. The van der Waals surface area contributed by atoms with Gasteiger partial charge in [-0.05, 0) is 26.0 Å². The molecule has 0 spiro atoms. The van der Waals surface area contributed by atoms with Crippen molar-refractivity contribution in [3.8, 4) is 0 Å². The zero-order valence-corrected chi connectivity index (χ0v) is 12.1. The molecular weight excluding hydrogens is 282 g/mol. The molecule has 0 bridgehead atoms. The van der Waals surface area contributed by atoms with Gasteiger partial charge in [0.05, 0.1) is 5.25 Å². The number of anilines is 1. The maximum atomic E-state index is 12.1. The summed E-state index contributed by atoms with van der Waals surface area (Å²) >= 11 is 0. The minimum absolute atomic E-state index is 0.360. The quantitative estimate of drug-likeness (QED) is 0.843. The van der Waals surface area contributed by atoms with Crippen molar-refractivity contribution in [2.45, 2.75) is 19.1 Å². The van der Waals surface area contributed by atoms with Crippen LogP contribution in [0.4, 0.5) is 5.69 Å². The summed E-state index contributed by atoms with van der Waals surface area (Å²) in [6.07, 6.45) is 0. The summed E-state index contributed by atoms with van der Waals surface area (Å²) in [6, 6.07) is 8.13. The fourth-order valence-corrected chi connectivity index (χ4v) is 2.32. The first-order valence-corrected chi connectivity index (χ1v) is 7.74. The first-order valence-electron chi connectivity index (χ1n) is 6.03. The number of carboxylic acid groups (broad SMARTS) is 1. The number of carbonyl (C=O) groups is 2. The molecule has 0 aliphatic rings. The van der Waals surface area contributed by atoms with Crippen molar-refractivity contribution in [1.29, 1.82) is 0 Å². The molecule has 1 aromatic rings. The van der Waals surface area contributed by atoms with E-state index in [0.717, 1.165) is 4.90 Å². The Morgan fingerprint density at radius 1 is 1.20 bits per heavy atom. The molecule has 0 aliphatic heterocycles. The van der Waals surface area contributed by atoms with Crippen LogP contribution >= 0.6 is 0 Å². The molecule has 0 unspecified atom stereocenters. The molecule has 1 amide bonds. The molecule has 6 nitrogen and oxygen atoms in total. The zero-order chi connectivity index (χ0) is 15.3. The van der Waals surface area contributed by atoms with Gasteiger partial charge < -0.3 is 10.0 Å². The molecule has 7 heteroatoms. The van der Waals surface area contributed by atoms with E-state index in [1.807, 2.05) is 0 Å². The molecule has 110 valence electrons. The predicted octanol–water partition coefficient (Wildman–Crippen LogP) is 0.927. The van der Waals surface area contributed by atoms with Crippen LogP contribution < -0.4 is 4.90 Å². The largest absolute Gasteiger partial charge is 0.480 e. The fraction of sp³-hybridized carbons (Fsp3) is 0.385. The second-order valence-electron chi connectivity index (χ2n) is 4.57. The molecule has 1 rings (SSSR count). The Morgan fingerprint density at radius 3 is 2.20 bits per heavy atom. The average Bonchev–Trinajstić information content (AvgIpc) is 2.36. The minimum Gasteiger partial charge on any atom is -0.480 e. The van der Waals surface area contributed by atoms with Crippen LogP contribution in [0.5, 0.6) is 0 Å². The van der Waals surface area contributed by atoms with Gasteiger partial charge in [0.25, 0.3) is 0 Å². The lowest BCUT2D eigenvalue weighted by atomic mass is 10.3. The number of carbonyl (C=O) groups excluding carboxylic acids is 1. The first kappa shape index (κ1) is 16.2. The minimum atomic E-state index is -3.57. The van der Waals surface area contributed by atoms with E-state index in [2.05, 4.69) is 0 Å². The third-order valence-electron chi connectivity index (χ3n) is 2.71. The summed E-state index contributed by atoms with van der Waals surface area (Å²) in [4.78, 5) is 23.9. The van der Waals surface area contributed by atoms with Crippen molar-refractivity contribution in [2.24, 2.45) is 0 Å². The molecule has 0 heterocycles.